The molecular formula is C15H16N4O2S2. The second kappa shape index (κ2) is 7.10. The number of hydrogen-bond acceptors (Lipinski definition) is 6. The largest absolute Gasteiger partial charge is 0.302 e. The molecule has 0 fully saturated rings. The molecule has 1 aliphatic rings. The van der Waals surface area contributed by atoms with Gasteiger partial charge in [0.05, 0.1) is 5.69 Å². The van der Waals surface area contributed by atoms with E-state index in [4.69, 9.17) is 0 Å². The van der Waals surface area contributed by atoms with Crippen molar-refractivity contribution >= 4 is 45.7 Å². The van der Waals surface area contributed by atoms with Gasteiger partial charge in [0.25, 0.3) is 0 Å². The van der Waals surface area contributed by atoms with E-state index in [0.717, 1.165) is 27.8 Å². The maximum Gasteiger partial charge on any atom is 0.246 e. The molecule has 0 aliphatic carbocycles. The van der Waals surface area contributed by atoms with Gasteiger partial charge in [-0.05, 0) is 18.6 Å². The first-order chi connectivity index (χ1) is 11.2. The molecule has 2 heterocycles. The number of nitrogens with zero attached hydrogens (tertiary/aromatic N) is 3. The number of benzene rings is 1. The monoisotopic (exact) mass is 348 g/mol. The molecule has 3 rings (SSSR count). The molecule has 1 aliphatic heterocycles. The van der Waals surface area contributed by atoms with Crippen molar-refractivity contribution in [2.24, 2.45) is 0 Å². The molecule has 0 spiro atoms. The van der Waals surface area contributed by atoms with E-state index in [-0.39, 0.29) is 18.4 Å². The third kappa shape index (κ3) is 3.70. The molecule has 1 aromatic heterocycles. The molecule has 8 heteroatoms. The van der Waals surface area contributed by atoms with Crippen LogP contribution in [0.2, 0.25) is 0 Å². The molecule has 6 nitrogen and oxygen atoms in total. The van der Waals surface area contributed by atoms with Crippen molar-refractivity contribution in [3.05, 3.63) is 29.3 Å². The van der Waals surface area contributed by atoms with E-state index in [9.17, 15) is 9.59 Å². The van der Waals surface area contributed by atoms with Crippen LogP contribution in [0.1, 0.15) is 18.4 Å². The minimum atomic E-state index is -0.265. The molecule has 0 saturated heterocycles. The first-order valence-corrected chi connectivity index (χ1v) is 9.12. The zero-order valence-corrected chi connectivity index (χ0v) is 14.2. The predicted octanol–water partition coefficient (Wildman–Crippen LogP) is 2.57. The van der Waals surface area contributed by atoms with Gasteiger partial charge in [-0.25, -0.2) is 0 Å². The van der Waals surface area contributed by atoms with E-state index >= 15 is 0 Å². The Hall–Kier alpha value is -1.93. The van der Waals surface area contributed by atoms with Gasteiger partial charge in [-0.1, -0.05) is 30.4 Å². The van der Waals surface area contributed by atoms with Crippen molar-refractivity contribution in [1.82, 2.24) is 10.2 Å². The van der Waals surface area contributed by atoms with Crippen LogP contribution in [-0.2, 0) is 16.0 Å². The van der Waals surface area contributed by atoms with Crippen LogP contribution in [-0.4, -0.2) is 34.3 Å². The van der Waals surface area contributed by atoms with Crippen LogP contribution in [0.3, 0.4) is 0 Å². The standard InChI is InChI=1S/C15H16N4O2S2/c1-2-13-17-18-15(23-13)16-12(20)9-19-10-5-3-4-6-11(10)22-8-7-14(19)21/h3-6H,2,7-9H2,1H3,(H,16,18,20). The second-order valence-electron chi connectivity index (χ2n) is 4.95. The fourth-order valence-electron chi connectivity index (χ4n) is 2.24. The van der Waals surface area contributed by atoms with Crippen LogP contribution in [0, 0.1) is 0 Å². The normalized spacial score (nSPS) is 14.3. The summed E-state index contributed by atoms with van der Waals surface area (Å²) in [7, 11) is 0. The van der Waals surface area contributed by atoms with Crippen molar-refractivity contribution in [2.45, 2.75) is 24.7 Å². The highest BCUT2D eigenvalue weighted by atomic mass is 32.2. The number of thioether (sulfide) groups is 1. The highest BCUT2D eigenvalue weighted by molar-refractivity contribution is 7.99. The van der Waals surface area contributed by atoms with Crippen molar-refractivity contribution < 1.29 is 9.59 Å². The Bertz CT molecular complexity index is 732. The number of amides is 2. The van der Waals surface area contributed by atoms with Gasteiger partial charge < -0.3 is 4.90 Å². The number of fused-ring (bicyclic) bond motifs is 1. The number of carbonyl (C=O) groups is 2. The molecular weight excluding hydrogens is 332 g/mol. The molecule has 0 radical (unpaired) electrons. The zero-order chi connectivity index (χ0) is 16.2. The minimum Gasteiger partial charge on any atom is -0.302 e. The molecule has 0 saturated carbocycles. The van der Waals surface area contributed by atoms with Gasteiger partial charge in [0.15, 0.2) is 0 Å². The van der Waals surface area contributed by atoms with E-state index in [1.165, 1.54) is 11.3 Å². The summed E-state index contributed by atoms with van der Waals surface area (Å²) in [5.41, 5.74) is 0.793. The Balaban J connectivity index is 1.75. The number of hydrogen-bond donors (Lipinski definition) is 1. The lowest BCUT2D eigenvalue weighted by molar-refractivity contribution is -0.121. The van der Waals surface area contributed by atoms with Gasteiger partial charge in [-0.15, -0.1) is 22.0 Å². The van der Waals surface area contributed by atoms with Gasteiger partial charge in [0.2, 0.25) is 16.9 Å². The Morgan fingerprint density at radius 3 is 2.96 bits per heavy atom. The number of anilines is 2. The smallest absolute Gasteiger partial charge is 0.246 e. The SMILES string of the molecule is CCc1nnc(NC(=O)CN2C(=O)CCSc3ccccc32)s1. The predicted molar refractivity (Wildman–Crippen MR) is 92.1 cm³/mol. The van der Waals surface area contributed by atoms with Crippen LogP contribution in [0.15, 0.2) is 29.2 Å². The highest BCUT2D eigenvalue weighted by Crippen LogP contribution is 2.33. The van der Waals surface area contributed by atoms with Gasteiger partial charge >= 0.3 is 0 Å². The molecule has 23 heavy (non-hydrogen) atoms. The van der Waals surface area contributed by atoms with Crippen molar-refractivity contribution in [2.75, 3.05) is 22.5 Å². The van der Waals surface area contributed by atoms with Crippen LogP contribution in [0.25, 0.3) is 0 Å². The Labute approximate surface area is 142 Å². The molecule has 0 bridgehead atoms. The fraction of sp³-hybridized carbons (Fsp3) is 0.333. The number of nitrogens with one attached hydrogen (secondary N) is 1. The molecule has 2 aromatic rings. The van der Waals surface area contributed by atoms with Crippen molar-refractivity contribution in [1.29, 1.82) is 0 Å². The topological polar surface area (TPSA) is 75.2 Å². The summed E-state index contributed by atoms with van der Waals surface area (Å²) in [6.45, 7) is 1.97. The summed E-state index contributed by atoms with van der Waals surface area (Å²) in [5.74, 6) is 0.424. The highest BCUT2D eigenvalue weighted by Gasteiger charge is 2.24. The lowest BCUT2D eigenvalue weighted by Gasteiger charge is -2.21. The maximum atomic E-state index is 12.3. The summed E-state index contributed by atoms with van der Waals surface area (Å²) >= 11 is 2.99. The Morgan fingerprint density at radius 2 is 2.17 bits per heavy atom. The zero-order valence-electron chi connectivity index (χ0n) is 12.6. The first kappa shape index (κ1) is 15.9. The van der Waals surface area contributed by atoms with Crippen LogP contribution in [0.4, 0.5) is 10.8 Å². The number of rotatable bonds is 4. The van der Waals surface area contributed by atoms with Crippen LogP contribution in [0.5, 0.6) is 0 Å². The second-order valence-corrected chi connectivity index (χ2v) is 7.15. The van der Waals surface area contributed by atoms with E-state index in [2.05, 4.69) is 15.5 Å². The summed E-state index contributed by atoms with van der Waals surface area (Å²) in [5, 5.41) is 12.0. The Morgan fingerprint density at radius 1 is 1.35 bits per heavy atom. The van der Waals surface area contributed by atoms with Gasteiger partial charge in [-0.3, -0.25) is 14.9 Å². The number of aryl methyl sites for hydroxylation is 1. The first-order valence-electron chi connectivity index (χ1n) is 7.32. The van der Waals surface area contributed by atoms with E-state index in [1.54, 1.807) is 16.7 Å². The molecule has 1 N–H and O–H groups in total. The number of para-hydroxylation sites is 1. The maximum absolute atomic E-state index is 12.3. The fourth-order valence-corrected chi connectivity index (χ4v) is 3.94. The summed E-state index contributed by atoms with van der Waals surface area (Å²) in [4.78, 5) is 27.2. The molecule has 0 atom stereocenters. The summed E-state index contributed by atoms with van der Waals surface area (Å²) in [6.07, 6.45) is 1.20. The third-order valence-electron chi connectivity index (χ3n) is 3.35. The van der Waals surface area contributed by atoms with Crippen LogP contribution >= 0.6 is 23.1 Å². The quantitative estimate of drug-likeness (QED) is 0.919. The Kier molecular flexibility index (Phi) is 4.92. The van der Waals surface area contributed by atoms with Crippen molar-refractivity contribution in [3.8, 4) is 0 Å². The van der Waals surface area contributed by atoms with E-state index < -0.39 is 0 Å². The summed E-state index contributed by atoms with van der Waals surface area (Å²) in [6, 6.07) is 7.66. The average molecular weight is 348 g/mol. The van der Waals surface area contributed by atoms with Crippen molar-refractivity contribution in [3.63, 3.8) is 0 Å². The molecule has 1 aromatic carbocycles. The van der Waals surface area contributed by atoms with Crippen LogP contribution < -0.4 is 10.2 Å². The van der Waals surface area contributed by atoms with Gasteiger partial charge in [0.1, 0.15) is 11.6 Å². The molecule has 0 unspecified atom stereocenters. The minimum absolute atomic E-state index is 0.0164. The van der Waals surface area contributed by atoms with E-state index in [0.29, 0.717) is 11.6 Å². The lowest BCUT2D eigenvalue weighted by atomic mass is 10.2. The number of carbonyl (C=O) groups excluding carboxylic acids is 2. The molecule has 120 valence electrons. The van der Waals surface area contributed by atoms with Gasteiger partial charge in [-0.2, -0.15) is 0 Å². The van der Waals surface area contributed by atoms with E-state index in [1.807, 2.05) is 31.2 Å². The summed E-state index contributed by atoms with van der Waals surface area (Å²) < 4.78 is 0. The average Bonchev–Trinajstić information content (AvgIpc) is 2.94. The third-order valence-corrected chi connectivity index (χ3v) is 5.40. The van der Waals surface area contributed by atoms with Gasteiger partial charge in [0, 0.05) is 17.1 Å². The molecule has 2 amide bonds. The lowest BCUT2D eigenvalue weighted by Crippen LogP contribution is -2.37. The number of aromatic nitrogens is 2.